The third-order valence-corrected chi connectivity index (χ3v) is 10.9. The number of benzene rings is 7. The average Bonchev–Trinajstić information content (AvgIpc) is 3.37. The molecule has 0 radical (unpaired) electrons. The smallest absolute Gasteiger partial charge is 0.122 e. The summed E-state index contributed by atoms with van der Waals surface area (Å²) in [6.07, 6.45) is 3.88. The van der Waals surface area contributed by atoms with Gasteiger partial charge in [-0.25, -0.2) is 0 Å². The van der Waals surface area contributed by atoms with Gasteiger partial charge in [0.25, 0.3) is 0 Å². The second-order valence-electron chi connectivity index (χ2n) is 13.3. The molecule has 55 heavy (non-hydrogen) atoms. The maximum Gasteiger partial charge on any atom is 0.122 e. The average molecular weight is 737 g/mol. The van der Waals surface area contributed by atoms with Crippen molar-refractivity contribution in [1.29, 1.82) is 5.41 Å². The van der Waals surface area contributed by atoms with Gasteiger partial charge in [-0.15, -0.1) is 0 Å². The molecule has 1 atom stereocenters. The van der Waals surface area contributed by atoms with Crippen LogP contribution in [0.1, 0.15) is 47.1 Å². The Balaban J connectivity index is 0.000000408. The lowest BCUT2D eigenvalue weighted by Gasteiger charge is -2.23. The summed E-state index contributed by atoms with van der Waals surface area (Å²) in [5, 5.41) is 13.4. The molecule has 0 saturated carbocycles. The number of rotatable bonds is 9. The number of nitrogens with two attached hydrogens (primary N) is 2. The fourth-order valence-corrected chi connectivity index (χ4v) is 8.17. The van der Waals surface area contributed by atoms with Crippen LogP contribution in [-0.2, 0) is 6.42 Å². The molecule has 0 aliphatic carbocycles. The van der Waals surface area contributed by atoms with Crippen molar-refractivity contribution in [3.63, 3.8) is 0 Å². The van der Waals surface area contributed by atoms with Gasteiger partial charge in [-0.3, -0.25) is 5.41 Å². The van der Waals surface area contributed by atoms with E-state index in [-0.39, 0.29) is 11.8 Å². The van der Waals surface area contributed by atoms with E-state index < -0.39 is 0 Å². The molecule has 0 amide bonds. The van der Waals surface area contributed by atoms with Gasteiger partial charge in [-0.2, -0.15) is 0 Å². The third-order valence-electron chi connectivity index (χ3n) is 9.67. The van der Waals surface area contributed by atoms with Crippen LogP contribution >= 0.6 is 11.8 Å². The van der Waals surface area contributed by atoms with Crippen LogP contribution in [0.3, 0.4) is 0 Å². The topological polar surface area (TPSA) is 87.9 Å². The van der Waals surface area contributed by atoms with Gasteiger partial charge in [0.2, 0.25) is 0 Å². The van der Waals surface area contributed by atoms with Crippen molar-refractivity contribution in [2.45, 2.75) is 30.6 Å². The predicted molar refractivity (Wildman–Crippen MR) is 238 cm³/mol. The third kappa shape index (κ3) is 9.33. The quantitative estimate of drug-likeness (QED) is 0.0878. The van der Waals surface area contributed by atoms with Gasteiger partial charge < -0.3 is 16.8 Å². The van der Waals surface area contributed by atoms with E-state index in [1.807, 2.05) is 48.2 Å². The van der Waals surface area contributed by atoms with Crippen molar-refractivity contribution in [1.82, 2.24) is 0 Å². The summed E-state index contributed by atoms with van der Waals surface area (Å²) >= 11 is 1.84. The van der Waals surface area contributed by atoms with Crippen LogP contribution in [-0.4, -0.2) is 12.9 Å². The molecule has 0 fully saturated rings. The highest BCUT2D eigenvalue weighted by atomic mass is 32.2. The van der Waals surface area contributed by atoms with Crippen molar-refractivity contribution in [2.75, 3.05) is 12.4 Å². The number of hydrogen-bond donors (Lipinski definition) is 4. The molecule has 8 rings (SSSR count). The first-order valence-electron chi connectivity index (χ1n) is 18.6. The lowest BCUT2D eigenvalue weighted by Crippen LogP contribution is -2.10. The van der Waals surface area contributed by atoms with E-state index in [1.165, 1.54) is 66.6 Å². The van der Waals surface area contributed by atoms with Crippen molar-refractivity contribution < 1.29 is 0 Å². The molecule has 0 spiro atoms. The molecule has 1 aliphatic heterocycles. The molecular formula is C50H48N4S. The van der Waals surface area contributed by atoms with E-state index in [0.29, 0.717) is 0 Å². The lowest BCUT2D eigenvalue weighted by atomic mass is 9.84. The van der Waals surface area contributed by atoms with Crippen molar-refractivity contribution in [3.05, 3.63) is 215 Å². The van der Waals surface area contributed by atoms with Crippen molar-refractivity contribution in [3.8, 4) is 11.1 Å². The lowest BCUT2D eigenvalue weighted by molar-refractivity contribution is 0.801. The van der Waals surface area contributed by atoms with E-state index >= 15 is 0 Å². The molecule has 6 N–H and O–H groups in total. The second-order valence-corrected chi connectivity index (χ2v) is 14.4. The van der Waals surface area contributed by atoms with E-state index in [4.69, 9.17) is 11.1 Å². The summed E-state index contributed by atoms with van der Waals surface area (Å²) in [6, 6.07) is 59.6. The van der Waals surface area contributed by atoms with Crippen LogP contribution in [0.25, 0.3) is 27.5 Å². The van der Waals surface area contributed by atoms with Crippen LogP contribution in [0, 0.1) is 5.41 Å². The molecule has 1 unspecified atom stereocenters. The Hall–Kier alpha value is -6.14. The van der Waals surface area contributed by atoms with Gasteiger partial charge in [0.05, 0.1) is 0 Å². The highest BCUT2D eigenvalue weighted by Crippen LogP contribution is 2.49. The van der Waals surface area contributed by atoms with Crippen molar-refractivity contribution in [2.24, 2.45) is 11.5 Å². The van der Waals surface area contributed by atoms with E-state index in [0.717, 1.165) is 29.8 Å². The van der Waals surface area contributed by atoms with Gasteiger partial charge in [-0.05, 0) is 99.8 Å². The molecule has 5 heteroatoms. The molecule has 1 heterocycles. The Morgan fingerprint density at radius 3 is 1.93 bits per heavy atom. The first-order valence-corrected chi connectivity index (χ1v) is 19.4. The highest BCUT2D eigenvalue weighted by molar-refractivity contribution is 8.03. The molecular weight excluding hydrogens is 689 g/mol. The van der Waals surface area contributed by atoms with Crippen LogP contribution in [0.5, 0.6) is 0 Å². The largest absolute Gasteiger partial charge is 0.384 e. The number of amidine groups is 1. The molecule has 7 aromatic carbocycles. The highest BCUT2D eigenvalue weighted by Gasteiger charge is 2.24. The number of nitrogen functional groups attached to an aromatic ring is 1. The second kappa shape index (κ2) is 18.8. The van der Waals surface area contributed by atoms with Gasteiger partial charge in [-0.1, -0.05) is 177 Å². The predicted octanol–water partition coefficient (Wildman–Crippen LogP) is 12.6. The van der Waals surface area contributed by atoms with E-state index in [2.05, 4.69) is 164 Å². The summed E-state index contributed by atoms with van der Waals surface area (Å²) < 4.78 is 0. The standard InChI is InChI=1S/C42H35NS.C7H8N2.CH5N/c1-3-40-38(36-18-10-9-17-35(36)37-19-11-12-20-41(37)44-40)27-29(2)42-34-16-8-7-15-32(34)23-26-39(42)43-33-24-21-31(22-25-33)28-30-13-5-4-6-14-30;8-7(9)6-4-2-1-3-5-6;1-2/h3-26,29,43H,1,27-28H2,2H3;1-5H,(H3,8,9);2H2,1H3. The zero-order valence-electron chi connectivity index (χ0n) is 31.5. The monoisotopic (exact) mass is 736 g/mol. The van der Waals surface area contributed by atoms with Gasteiger partial charge in [0.1, 0.15) is 5.84 Å². The van der Waals surface area contributed by atoms with Crippen LogP contribution < -0.4 is 16.8 Å². The molecule has 0 aromatic heterocycles. The fraction of sp³-hybridized carbons (Fsp3) is 0.100. The molecule has 1 aliphatic rings. The summed E-state index contributed by atoms with van der Waals surface area (Å²) in [4.78, 5) is 2.51. The Bertz CT molecular complexity index is 2400. The Morgan fingerprint density at radius 2 is 1.25 bits per heavy atom. The summed E-state index contributed by atoms with van der Waals surface area (Å²) in [5.74, 6) is 0.372. The van der Waals surface area contributed by atoms with E-state index in [9.17, 15) is 0 Å². The van der Waals surface area contributed by atoms with Crippen LogP contribution in [0.2, 0.25) is 0 Å². The maximum atomic E-state index is 7.01. The molecule has 7 aromatic rings. The van der Waals surface area contributed by atoms with Gasteiger partial charge in [0, 0.05) is 26.7 Å². The molecule has 0 saturated heterocycles. The first kappa shape index (κ1) is 38.6. The fourth-order valence-electron chi connectivity index (χ4n) is 7.10. The maximum absolute atomic E-state index is 7.01. The number of nitrogens with one attached hydrogen (secondary N) is 2. The van der Waals surface area contributed by atoms with Gasteiger partial charge >= 0.3 is 0 Å². The van der Waals surface area contributed by atoms with Crippen LogP contribution in [0.15, 0.2) is 192 Å². The molecule has 0 bridgehead atoms. The molecule has 274 valence electrons. The summed E-state index contributed by atoms with van der Waals surface area (Å²) in [5.41, 5.74) is 21.9. The Kier molecular flexibility index (Phi) is 13.2. The van der Waals surface area contributed by atoms with Crippen LogP contribution in [0.4, 0.5) is 11.4 Å². The SMILES string of the molecule is C=CC1=C(CC(C)c2c(Nc3ccc(Cc4ccccc4)cc3)ccc3ccccc23)c2ccccc2-c2ccccc2S1.CN.N=C(N)c1ccccc1. The van der Waals surface area contributed by atoms with Gasteiger partial charge in [0.15, 0.2) is 0 Å². The number of allylic oxidation sites excluding steroid dienone is 2. The van der Waals surface area contributed by atoms with E-state index in [1.54, 1.807) is 0 Å². The number of anilines is 2. The molecule has 4 nitrogen and oxygen atoms in total. The Labute approximate surface area is 330 Å². The summed E-state index contributed by atoms with van der Waals surface area (Å²) in [7, 11) is 1.50. The number of fused-ring (bicyclic) bond motifs is 4. The zero-order chi connectivity index (χ0) is 38.6. The Morgan fingerprint density at radius 1 is 0.673 bits per heavy atom. The minimum atomic E-state index is 0.121. The minimum Gasteiger partial charge on any atom is -0.384 e. The number of hydrogen-bond acceptors (Lipinski definition) is 4. The number of thioether (sulfide) groups is 1. The normalized spacial score (nSPS) is 12.1. The zero-order valence-corrected chi connectivity index (χ0v) is 32.3. The minimum absolute atomic E-state index is 0.121. The van der Waals surface area contributed by atoms with Crippen molar-refractivity contribution >= 4 is 45.3 Å². The summed E-state index contributed by atoms with van der Waals surface area (Å²) in [6.45, 7) is 6.64. The first-order chi connectivity index (χ1) is 27.0.